The molecule has 21 heavy (non-hydrogen) atoms. The van der Waals surface area contributed by atoms with E-state index in [2.05, 4.69) is 5.32 Å². The number of amides is 1. The average molecular weight is 278 g/mol. The van der Waals surface area contributed by atoms with Crippen LogP contribution in [0.2, 0.25) is 0 Å². The number of nitriles is 1. The molecule has 0 bridgehead atoms. The van der Waals surface area contributed by atoms with E-state index in [1.54, 1.807) is 12.1 Å². The molecule has 0 saturated carbocycles. The van der Waals surface area contributed by atoms with Gasteiger partial charge >= 0.3 is 0 Å². The molecule has 0 radical (unpaired) electrons. The number of carbonyl (C=O) groups is 1. The van der Waals surface area contributed by atoms with E-state index in [0.717, 1.165) is 5.56 Å². The first-order valence-corrected chi connectivity index (χ1v) is 6.42. The molecular weight excluding hydrogens is 264 g/mol. The molecule has 0 aliphatic rings. The number of carbonyl (C=O) groups excluding carboxylic acids is 1. The van der Waals surface area contributed by atoms with E-state index in [4.69, 9.17) is 5.26 Å². The van der Waals surface area contributed by atoms with Crippen LogP contribution < -0.4 is 5.32 Å². The Bertz CT molecular complexity index is 683. The number of nitrogens with zero attached hydrogens (tertiary/aromatic N) is 1. The number of nitrogens with one attached hydrogen (secondary N) is 1. The highest BCUT2D eigenvalue weighted by Gasteiger charge is 2.08. The van der Waals surface area contributed by atoms with E-state index in [-0.39, 0.29) is 11.3 Å². The fourth-order valence-corrected chi connectivity index (χ4v) is 1.76. The second-order valence-electron chi connectivity index (χ2n) is 4.43. The van der Waals surface area contributed by atoms with Crippen molar-refractivity contribution in [2.24, 2.45) is 0 Å². The summed E-state index contributed by atoms with van der Waals surface area (Å²) in [7, 11) is 0. The smallest absolute Gasteiger partial charge is 0.262 e. The minimum atomic E-state index is -0.422. The van der Waals surface area contributed by atoms with Gasteiger partial charge in [0.15, 0.2) is 0 Å². The van der Waals surface area contributed by atoms with Crippen molar-refractivity contribution >= 4 is 12.0 Å². The van der Waals surface area contributed by atoms with Crippen LogP contribution >= 0.6 is 0 Å². The summed E-state index contributed by atoms with van der Waals surface area (Å²) in [6.07, 6.45) is 1.49. The summed E-state index contributed by atoms with van der Waals surface area (Å²) in [5, 5.41) is 21.0. The Labute approximate surface area is 123 Å². The number of benzene rings is 2. The van der Waals surface area contributed by atoms with Gasteiger partial charge in [-0.1, -0.05) is 42.5 Å². The van der Waals surface area contributed by atoms with Crippen molar-refractivity contribution in [3.8, 4) is 11.8 Å². The predicted molar refractivity (Wildman–Crippen MR) is 80.0 cm³/mol. The van der Waals surface area contributed by atoms with Crippen molar-refractivity contribution in [3.63, 3.8) is 0 Å². The number of hydrogen-bond donors (Lipinski definition) is 2. The fourth-order valence-electron chi connectivity index (χ4n) is 1.76. The SMILES string of the molecule is N#C/C(=C\c1ccc(O)cc1)C(=O)NCc1ccccc1. The lowest BCUT2D eigenvalue weighted by Crippen LogP contribution is -2.23. The molecule has 0 aromatic heterocycles. The van der Waals surface area contributed by atoms with Crippen molar-refractivity contribution in [2.45, 2.75) is 6.54 Å². The van der Waals surface area contributed by atoms with Gasteiger partial charge in [-0.2, -0.15) is 5.26 Å². The van der Waals surface area contributed by atoms with Crippen LogP contribution in [0.5, 0.6) is 5.75 Å². The largest absolute Gasteiger partial charge is 0.508 e. The third kappa shape index (κ3) is 4.22. The van der Waals surface area contributed by atoms with Crippen molar-refractivity contribution in [1.82, 2.24) is 5.32 Å². The quantitative estimate of drug-likeness (QED) is 0.667. The summed E-state index contributed by atoms with van der Waals surface area (Å²) in [5.74, 6) is -0.284. The molecule has 2 aromatic rings. The number of aromatic hydroxyl groups is 1. The maximum absolute atomic E-state index is 12.0. The number of phenolic OH excluding ortho intramolecular Hbond substituents is 1. The highest BCUT2D eigenvalue weighted by molar-refractivity contribution is 6.01. The Hall–Kier alpha value is -3.06. The monoisotopic (exact) mass is 278 g/mol. The zero-order valence-electron chi connectivity index (χ0n) is 11.3. The third-order valence-electron chi connectivity index (χ3n) is 2.87. The number of phenols is 1. The van der Waals surface area contributed by atoms with Gasteiger partial charge in [-0.3, -0.25) is 4.79 Å². The number of rotatable bonds is 4. The van der Waals surface area contributed by atoms with Crippen LogP contribution in [0.25, 0.3) is 6.08 Å². The first kappa shape index (κ1) is 14.4. The molecule has 2 rings (SSSR count). The summed E-state index contributed by atoms with van der Waals surface area (Å²) in [6.45, 7) is 0.369. The summed E-state index contributed by atoms with van der Waals surface area (Å²) in [6, 6.07) is 17.6. The molecule has 0 spiro atoms. The van der Waals surface area contributed by atoms with Crippen molar-refractivity contribution in [2.75, 3.05) is 0 Å². The third-order valence-corrected chi connectivity index (χ3v) is 2.87. The van der Waals surface area contributed by atoms with Crippen LogP contribution in [0.4, 0.5) is 0 Å². The Morgan fingerprint density at radius 2 is 1.81 bits per heavy atom. The van der Waals surface area contributed by atoms with Crippen molar-refractivity contribution in [1.29, 1.82) is 5.26 Å². The summed E-state index contributed by atoms with van der Waals surface area (Å²) >= 11 is 0. The molecule has 0 saturated heterocycles. The van der Waals surface area contributed by atoms with E-state index in [9.17, 15) is 9.90 Å². The molecule has 1 amide bonds. The molecule has 4 heteroatoms. The minimum absolute atomic E-state index is 0.0246. The van der Waals surface area contributed by atoms with Gasteiger partial charge in [0.2, 0.25) is 0 Å². The highest BCUT2D eigenvalue weighted by Crippen LogP contribution is 2.12. The standard InChI is InChI=1S/C17H14N2O2/c18-11-15(10-13-6-8-16(20)9-7-13)17(21)19-12-14-4-2-1-3-5-14/h1-10,20H,12H2,(H,19,21)/b15-10+. The molecule has 4 nitrogen and oxygen atoms in total. The molecule has 0 fully saturated rings. The summed E-state index contributed by atoms with van der Waals surface area (Å²) in [5.41, 5.74) is 1.67. The first-order valence-electron chi connectivity index (χ1n) is 6.42. The topological polar surface area (TPSA) is 73.1 Å². The van der Waals surface area contributed by atoms with Gasteiger partial charge in [0.05, 0.1) is 0 Å². The van der Waals surface area contributed by atoms with Crippen LogP contribution in [-0.4, -0.2) is 11.0 Å². The van der Waals surface area contributed by atoms with Gasteiger partial charge in [-0.15, -0.1) is 0 Å². The molecular formula is C17H14N2O2. The van der Waals surface area contributed by atoms with E-state index in [0.29, 0.717) is 12.1 Å². The molecule has 2 N–H and O–H groups in total. The van der Waals surface area contributed by atoms with Gasteiger partial charge in [-0.05, 0) is 29.3 Å². The second-order valence-corrected chi connectivity index (χ2v) is 4.43. The Morgan fingerprint density at radius 1 is 1.14 bits per heavy atom. The van der Waals surface area contributed by atoms with Crippen LogP contribution in [0.3, 0.4) is 0 Å². The van der Waals surface area contributed by atoms with Crippen LogP contribution in [0.1, 0.15) is 11.1 Å². The summed E-state index contributed by atoms with van der Waals surface area (Å²) < 4.78 is 0. The van der Waals surface area contributed by atoms with Crippen LogP contribution in [-0.2, 0) is 11.3 Å². The van der Waals surface area contributed by atoms with E-state index in [1.165, 1.54) is 18.2 Å². The molecule has 0 heterocycles. The van der Waals surface area contributed by atoms with Crippen LogP contribution in [0, 0.1) is 11.3 Å². The van der Waals surface area contributed by atoms with E-state index in [1.807, 2.05) is 36.4 Å². The van der Waals surface area contributed by atoms with Gasteiger partial charge in [-0.25, -0.2) is 0 Å². The molecule has 104 valence electrons. The predicted octanol–water partition coefficient (Wildman–Crippen LogP) is 2.62. The molecule has 2 aromatic carbocycles. The number of hydrogen-bond acceptors (Lipinski definition) is 3. The zero-order valence-corrected chi connectivity index (χ0v) is 11.3. The molecule has 0 aliphatic heterocycles. The van der Waals surface area contributed by atoms with E-state index >= 15 is 0 Å². The van der Waals surface area contributed by atoms with Crippen molar-refractivity contribution < 1.29 is 9.90 Å². The maximum atomic E-state index is 12.0. The lowest BCUT2D eigenvalue weighted by Gasteiger charge is -2.04. The fraction of sp³-hybridized carbons (Fsp3) is 0.0588. The highest BCUT2D eigenvalue weighted by atomic mass is 16.3. The normalized spacial score (nSPS) is 10.7. The Morgan fingerprint density at radius 3 is 2.43 bits per heavy atom. The zero-order chi connectivity index (χ0) is 15.1. The minimum Gasteiger partial charge on any atom is -0.508 e. The van der Waals surface area contributed by atoms with Gasteiger partial charge in [0.25, 0.3) is 5.91 Å². The molecule has 0 atom stereocenters. The second kappa shape index (κ2) is 6.92. The van der Waals surface area contributed by atoms with Gasteiger partial charge in [0.1, 0.15) is 17.4 Å². The van der Waals surface area contributed by atoms with Gasteiger partial charge < -0.3 is 10.4 Å². The Balaban J connectivity index is 2.05. The van der Waals surface area contributed by atoms with Gasteiger partial charge in [0, 0.05) is 6.54 Å². The van der Waals surface area contributed by atoms with Crippen LogP contribution in [0.15, 0.2) is 60.2 Å². The lowest BCUT2D eigenvalue weighted by molar-refractivity contribution is -0.117. The maximum Gasteiger partial charge on any atom is 0.262 e. The summed E-state index contributed by atoms with van der Waals surface area (Å²) in [4.78, 5) is 12.0. The molecule has 0 aliphatic carbocycles. The first-order chi connectivity index (χ1) is 10.2. The Kier molecular flexibility index (Phi) is 4.73. The molecule has 0 unspecified atom stereocenters. The lowest BCUT2D eigenvalue weighted by atomic mass is 10.1. The average Bonchev–Trinajstić information content (AvgIpc) is 2.53. The van der Waals surface area contributed by atoms with Crippen molar-refractivity contribution in [3.05, 3.63) is 71.3 Å². The van der Waals surface area contributed by atoms with E-state index < -0.39 is 5.91 Å².